The first-order valence-electron chi connectivity index (χ1n) is 12.1. The molecule has 0 aliphatic carbocycles. The molecule has 0 amide bonds. The number of nitrogens with two attached hydrogens (primary N) is 1. The highest BCUT2D eigenvalue weighted by atomic mass is 35.5. The van der Waals surface area contributed by atoms with Gasteiger partial charge in [0.2, 0.25) is 0 Å². The van der Waals surface area contributed by atoms with Gasteiger partial charge in [-0.25, -0.2) is 14.2 Å². The van der Waals surface area contributed by atoms with Crippen molar-refractivity contribution < 1.29 is 9.13 Å². The van der Waals surface area contributed by atoms with Crippen molar-refractivity contribution in [2.45, 2.75) is 35.9 Å². The number of nitrogens with zero attached hydrogens (tertiary/aromatic N) is 4. The fourth-order valence-electron chi connectivity index (χ4n) is 5.59. The Labute approximate surface area is 225 Å². The van der Waals surface area contributed by atoms with Crippen molar-refractivity contribution in [2.75, 3.05) is 43.2 Å². The number of anilines is 2. The minimum Gasteiger partial charge on any atom is -0.383 e. The second-order valence-corrected chi connectivity index (χ2v) is 12.0. The lowest BCUT2D eigenvalue weighted by molar-refractivity contribution is 0.163. The van der Waals surface area contributed by atoms with Gasteiger partial charge in [-0.05, 0) is 31.1 Å². The van der Waals surface area contributed by atoms with Gasteiger partial charge in [-0.15, -0.1) is 11.8 Å². The third-order valence-corrected chi connectivity index (χ3v) is 9.61. The molecule has 8 nitrogen and oxygen atoms in total. The number of hydrogen-bond donors (Lipinski definition) is 2. The maximum atomic E-state index is 14.5. The molecular formula is C25H26ClFN6O2S2. The highest BCUT2D eigenvalue weighted by Gasteiger charge is 2.35. The van der Waals surface area contributed by atoms with E-state index in [1.807, 2.05) is 6.07 Å². The third kappa shape index (κ3) is 4.26. The molecular weight excluding hydrogens is 535 g/mol. The number of rotatable bonds is 5. The van der Waals surface area contributed by atoms with Gasteiger partial charge in [0.25, 0.3) is 0 Å². The molecule has 0 saturated carbocycles. The Hall–Kier alpha value is -2.44. The first kappa shape index (κ1) is 24.9. The van der Waals surface area contributed by atoms with E-state index < -0.39 is 5.83 Å². The quantitative estimate of drug-likeness (QED) is 0.491. The summed E-state index contributed by atoms with van der Waals surface area (Å²) in [7, 11) is 1.63. The number of halogens is 2. The maximum absolute atomic E-state index is 14.5. The molecule has 2 bridgehead atoms. The molecule has 3 unspecified atom stereocenters. The van der Waals surface area contributed by atoms with Crippen LogP contribution in [0.25, 0.3) is 22.8 Å². The molecule has 12 heteroatoms. The molecule has 2 saturated heterocycles. The number of thioether (sulfide) groups is 1. The van der Waals surface area contributed by atoms with Gasteiger partial charge in [0.1, 0.15) is 11.6 Å². The topological polar surface area (TPSA) is 98.3 Å². The molecule has 6 rings (SSSR count). The minimum atomic E-state index is -0.504. The molecule has 2 aromatic heterocycles. The Morgan fingerprint density at radius 2 is 2.14 bits per heavy atom. The first-order chi connectivity index (χ1) is 17.9. The highest BCUT2D eigenvalue weighted by Crippen LogP contribution is 2.44. The zero-order chi connectivity index (χ0) is 25.8. The van der Waals surface area contributed by atoms with Crippen LogP contribution in [0.15, 0.2) is 28.4 Å². The number of nitrogen functional groups attached to an aromatic ring is 1. The number of allylic oxidation sites excluding steroid dienone is 1. The highest BCUT2D eigenvalue weighted by molar-refractivity contribution is 7.99. The first-order valence-corrected chi connectivity index (χ1v) is 14.2. The lowest BCUT2D eigenvalue weighted by Gasteiger charge is -2.35. The number of fused-ring (bicyclic) bond motifs is 2. The van der Waals surface area contributed by atoms with Crippen LogP contribution in [0.5, 0.6) is 0 Å². The molecule has 2 fully saturated rings. The standard InChI is InChI=1S/C25H26ClFN6O2S2/c1-3-18(27)22-19(30-24(28)37-22)7-15-17(26)6-16-20-21(15)36-11-14(10-35-2)33(20)25(34)31-23(16)32-8-12-4-5-13(9-32)29-12/h3,6-7,12-14,29H,1,4-5,8-11H2,2H3,(H2,28,30)/b19-7-,22-18-. The van der Waals surface area contributed by atoms with Gasteiger partial charge in [-0.3, -0.25) is 4.57 Å². The van der Waals surface area contributed by atoms with Crippen LogP contribution in [0.1, 0.15) is 24.4 Å². The average molecular weight is 561 g/mol. The van der Waals surface area contributed by atoms with Crippen molar-refractivity contribution in [3.63, 3.8) is 0 Å². The van der Waals surface area contributed by atoms with Gasteiger partial charge in [-0.2, -0.15) is 4.98 Å². The lowest BCUT2D eigenvalue weighted by Crippen LogP contribution is -2.52. The monoisotopic (exact) mass is 560 g/mol. The molecule has 3 aliphatic rings. The smallest absolute Gasteiger partial charge is 0.350 e. The van der Waals surface area contributed by atoms with Crippen LogP contribution in [0, 0.1) is 0 Å². The summed E-state index contributed by atoms with van der Waals surface area (Å²) < 4.78 is 22.0. The summed E-state index contributed by atoms with van der Waals surface area (Å²) in [5, 5.41) is 5.55. The summed E-state index contributed by atoms with van der Waals surface area (Å²) in [5.41, 5.74) is 7.05. The van der Waals surface area contributed by atoms with E-state index in [9.17, 15) is 9.18 Å². The van der Waals surface area contributed by atoms with E-state index in [-0.39, 0.29) is 21.4 Å². The summed E-state index contributed by atoms with van der Waals surface area (Å²) in [6.45, 7) is 5.49. The maximum Gasteiger partial charge on any atom is 0.350 e. The van der Waals surface area contributed by atoms with E-state index in [0.29, 0.717) is 46.2 Å². The SMILES string of the molecule is C=C/C(F)=c1/sc(N)n/c1=C\c1c(Cl)cc2c(N3CC4CCC(C3)N4)nc(=O)n3c2c1SCC3COC. The largest absolute Gasteiger partial charge is 0.383 e. The van der Waals surface area contributed by atoms with Gasteiger partial charge in [0.05, 0.1) is 28.0 Å². The van der Waals surface area contributed by atoms with Crippen LogP contribution >= 0.6 is 34.7 Å². The normalized spacial score (nSPS) is 24.1. The van der Waals surface area contributed by atoms with Crippen molar-refractivity contribution >= 4 is 68.5 Å². The summed E-state index contributed by atoms with van der Waals surface area (Å²) in [4.78, 5) is 25.5. The number of thiazole rings is 1. The van der Waals surface area contributed by atoms with Crippen LogP contribution in [0.3, 0.4) is 0 Å². The second kappa shape index (κ2) is 9.70. The molecule has 0 spiro atoms. The number of aromatic nitrogens is 3. The molecule has 0 radical (unpaired) electrons. The molecule has 194 valence electrons. The zero-order valence-corrected chi connectivity index (χ0v) is 22.6. The molecule has 1 aromatic carbocycles. The Balaban J connectivity index is 1.64. The van der Waals surface area contributed by atoms with E-state index in [0.717, 1.165) is 59.1 Å². The van der Waals surface area contributed by atoms with Gasteiger partial charge < -0.3 is 20.7 Å². The van der Waals surface area contributed by atoms with Gasteiger partial charge in [0.15, 0.2) is 5.13 Å². The van der Waals surface area contributed by atoms with Crippen molar-refractivity contribution in [3.05, 3.63) is 49.7 Å². The van der Waals surface area contributed by atoms with Crippen molar-refractivity contribution in [1.82, 2.24) is 19.9 Å². The number of methoxy groups -OCH3 is 1. The van der Waals surface area contributed by atoms with Crippen LogP contribution in [0.4, 0.5) is 15.3 Å². The van der Waals surface area contributed by atoms with Crippen LogP contribution in [-0.4, -0.2) is 59.2 Å². The van der Waals surface area contributed by atoms with Gasteiger partial charge in [0, 0.05) is 58.9 Å². The molecule has 3 atom stereocenters. The Morgan fingerprint density at radius 1 is 1.38 bits per heavy atom. The van der Waals surface area contributed by atoms with Crippen molar-refractivity contribution in [1.29, 1.82) is 0 Å². The van der Waals surface area contributed by atoms with Crippen LogP contribution < -0.4 is 31.5 Å². The van der Waals surface area contributed by atoms with Gasteiger partial charge >= 0.3 is 5.69 Å². The molecule has 3 aliphatic heterocycles. The number of ether oxygens (including phenoxy) is 1. The zero-order valence-electron chi connectivity index (χ0n) is 20.2. The summed E-state index contributed by atoms with van der Waals surface area (Å²) in [5.74, 6) is 0.762. The molecule has 3 aromatic rings. The number of piperazine rings is 1. The van der Waals surface area contributed by atoms with Crippen LogP contribution in [-0.2, 0) is 4.74 Å². The van der Waals surface area contributed by atoms with E-state index in [1.165, 1.54) is 0 Å². The lowest BCUT2D eigenvalue weighted by atomic mass is 10.1. The number of benzene rings is 1. The van der Waals surface area contributed by atoms with Crippen molar-refractivity contribution in [3.8, 4) is 0 Å². The van der Waals surface area contributed by atoms with E-state index in [4.69, 9.17) is 22.1 Å². The number of nitrogens with one attached hydrogen (secondary N) is 1. The third-order valence-electron chi connectivity index (χ3n) is 7.14. The minimum absolute atomic E-state index is 0.177. The molecule has 5 heterocycles. The summed E-state index contributed by atoms with van der Waals surface area (Å²) >= 11 is 9.57. The second-order valence-electron chi connectivity index (χ2n) is 9.51. The number of hydrogen-bond acceptors (Lipinski definition) is 9. The average Bonchev–Trinajstić information content (AvgIpc) is 3.43. The van der Waals surface area contributed by atoms with Crippen molar-refractivity contribution in [2.24, 2.45) is 0 Å². The van der Waals surface area contributed by atoms with E-state index in [2.05, 4.69) is 26.8 Å². The summed E-state index contributed by atoms with van der Waals surface area (Å²) in [6, 6.07) is 2.46. The Bertz CT molecular complexity index is 1590. The molecule has 3 N–H and O–H groups in total. The van der Waals surface area contributed by atoms with E-state index >= 15 is 0 Å². The Kier molecular flexibility index (Phi) is 6.52. The van der Waals surface area contributed by atoms with Gasteiger partial charge in [-0.1, -0.05) is 29.5 Å². The fourth-order valence-corrected chi connectivity index (χ4v) is 7.92. The molecule has 37 heavy (non-hydrogen) atoms. The predicted molar refractivity (Wildman–Crippen MR) is 149 cm³/mol. The fraction of sp³-hybridized carbons (Fsp3) is 0.400. The summed E-state index contributed by atoms with van der Waals surface area (Å²) in [6.07, 6.45) is 5.11. The van der Waals surface area contributed by atoms with Crippen LogP contribution in [0.2, 0.25) is 5.02 Å². The predicted octanol–water partition coefficient (Wildman–Crippen LogP) is 2.41. The van der Waals surface area contributed by atoms with E-state index in [1.54, 1.807) is 29.5 Å². The Morgan fingerprint density at radius 3 is 2.84 bits per heavy atom.